The Morgan fingerprint density at radius 1 is 0.636 bits per heavy atom. The third-order valence-corrected chi connectivity index (χ3v) is 4.23. The van der Waals surface area contributed by atoms with Crippen molar-refractivity contribution in [3.63, 3.8) is 0 Å². The summed E-state index contributed by atoms with van der Waals surface area (Å²) in [4.78, 5) is 0. The smallest absolute Gasteiger partial charge is 0.102 e. The highest BCUT2D eigenvalue weighted by Crippen LogP contribution is 2.09. The number of quaternary nitrogens is 2. The predicted octanol–water partition coefficient (Wildman–Crippen LogP) is -0.291. The van der Waals surface area contributed by atoms with Gasteiger partial charge < -0.3 is 38.7 Å². The van der Waals surface area contributed by atoms with E-state index in [1.54, 1.807) is 0 Å². The summed E-state index contributed by atoms with van der Waals surface area (Å²) in [6.07, 6.45) is 0. The molecule has 0 radical (unpaired) electrons. The molecule has 8 heteroatoms. The van der Waals surface area contributed by atoms with Gasteiger partial charge in [-0.25, -0.2) is 0 Å². The van der Waals surface area contributed by atoms with Gasteiger partial charge in [-0.15, -0.1) is 0 Å². The standard InChI is InChI=1S/C14H28N2O6/c17-15(1-7-19-8-2-15)5-11-21-13-14-22-12-6-16(18)3-9-20-10-4-16/h1-14H2. The number of nitrogens with zero attached hydrogens (tertiary/aromatic N) is 2. The maximum absolute atomic E-state index is 12.2. The second kappa shape index (κ2) is 9.09. The number of hydrogen-bond acceptors (Lipinski definition) is 6. The van der Waals surface area contributed by atoms with E-state index in [0.717, 1.165) is 0 Å². The lowest BCUT2D eigenvalue weighted by Gasteiger charge is -2.45. The Morgan fingerprint density at radius 3 is 1.36 bits per heavy atom. The van der Waals surface area contributed by atoms with Crippen molar-refractivity contribution in [2.45, 2.75) is 0 Å². The van der Waals surface area contributed by atoms with Crippen molar-refractivity contribution >= 4 is 0 Å². The van der Waals surface area contributed by atoms with Crippen LogP contribution >= 0.6 is 0 Å². The molecule has 0 aromatic rings. The van der Waals surface area contributed by atoms with Crippen LogP contribution in [0, 0.1) is 10.4 Å². The summed E-state index contributed by atoms with van der Waals surface area (Å²) in [6, 6.07) is 0. The zero-order valence-electron chi connectivity index (χ0n) is 13.2. The fourth-order valence-corrected chi connectivity index (χ4v) is 2.58. The van der Waals surface area contributed by atoms with E-state index in [1.807, 2.05) is 0 Å². The first-order chi connectivity index (χ1) is 10.6. The molecule has 2 saturated heterocycles. The molecule has 8 nitrogen and oxygen atoms in total. The lowest BCUT2D eigenvalue weighted by Crippen LogP contribution is -2.52. The Morgan fingerprint density at radius 2 is 1.00 bits per heavy atom. The van der Waals surface area contributed by atoms with Crippen molar-refractivity contribution < 1.29 is 28.2 Å². The third-order valence-electron chi connectivity index (χ3n) is 4.23. The van der Waals surface area contributed by atoms with Gasteiger partial charge in [0.05, 0.1) is 52.9 Å². The summed E-state index contributed by atoms with van der Waals surface area (Å²) in [6.45, 7) is 6.88. The Kier molecular flexibility index (Phi) is 7.45. The second-order valence-electron chi connectivity index (χ2n) is 5.91. The quantitative estimate of drug-likeness (QED) is 0.330. The van der Waals surface area contributed by atoms with Crippen molar-refractivity contribution in [2.24, 2.45) is 0 Å². The molecule has 130 valence electrons. The molecule has 0 spiro atoms. The molecule has 2 fully saturated rings. The van der Waals surface area contributed by atoms with Gasteiger partial charge in [0.1, 0.15) is 39.3 Å². The predicted molar refractivity (Wildman–Crippen MR) is 79.7 cm³/mol. The zero-order valence-corrected chi connectivity index (χ0v) is 13.2. The molecule has 0 amide bonds. The van der Waals surface area contributed by atoms with Crippen LogP contribution in [0.15, 0.2) is 0 Å². The first-order valence-electron chi connectivity index (χ1n) is 8.07. The SMILES string of the molecule is [O-][N+]1(CCOCCOCC[N+]2([O-])CCOCC2)CCOCC1. The van der Waals surface area contributed by atoms with Crippen molar-refractivity contribution in [3.8, 4) is 0 Å². The molecule has 0 unspecified atom stereocenters. The molecular weight excluding hydrogens is 292 g/mol. The highest BCUT2D eigenvalue weighted by Gasteiger charge is 2.21. The topological polar surface area (TPSA) is 83.0 Å². The molecular formula is C14H28N2O6. The lowest BCUT2D eigenvalue weighted by atomic mass is 10.4. The molecule has 22 heavy (non-hydrogen) atoms. The van der Waals surface area contributed by atoms with Crippen LogP contribution in [-0.4, -0.2) is 101 Å². The van der Waals surface area contributed by atoms with E-state index >= 15 is 0 Å². The minimum atomic E-state index is -0.223. The van der Waals surface area contributed by atoms with Crippen LogP contribution in [0.3, 0.4) is 0 Å². The maximum atomic E-state index is 12.2. The van der Waals surface area contributed by atoms with Crippen LogP contribution in [0.25, 0.3) is 0 Å². The number of hydrogen-bond donors (Lipinski definition) is 0. The van der Waals surface area contributed by atoms with E-state index in [9.17, 15) is 10.4 Å². The van der Waals surface area contributed by atoms with Gasteiger partial charge in [-0.05, 0) is 0 Å². The van der Waals surface area contributed by atoms with Gasteiger partial charge in [0.25, 0.3) is 0 Å². The Hall–Kier alpha value is -0.320. The fraction of sp³-hybridized carbons (Fsp3) is 1.00. The van der Waals surface area contributed by atoms with E-state index < -0.39 is 0 Å². The molecule has 0 atom stereocenters. The fourth-order valence-electron chi connectivity index (χ4n) is 2.58. The summed E-state index contributed by atoms with van der Waals surface area (Å²) in [5.74, 6) is 0. The number of ether oxygens (including phenoxy) is 4. The molecule has 0 bridgehead atoms. The van der Waals surface area contributed by atoms with Gasteiger partial charge >= 0.3 is 0 Å². The van der Waals surface area contributed by atoms with Gasteiger partial charge in [-0.2, -0.15) is 0 Å². The first-order valence-corrected chi connectivity index (χ1v) is 8.07. The minimum absolute atomic E-state index is 0.223. The monoisotopic (exact) mass is 320 g/mol. The van der Waals surface area contributed by atoms with Crippen LogP contribution in [0.1, 0.15) is 0 Å². The first kappa shape index (κ1) is 18.0. The minimum Gasteiger partial charge on any atom is -0.633 e. The van der Waals surface area contributed by atoms with Gasteiger partial charge in [-0.1, -0.05) is 0 Å². The molecule has 2 aliphatic heterocycles. The summed E-state index contributed by atoms with van der Waals surface area (Å²) in [5.41, 5.74) is 0. The molecule has 2 aliphatic rings. The largest absolute Gasteiger partial charge is 0.633 e. The van der Waals surface area contributed by atoms with Crippen LogP contribution in [0.5, 0.6) is 0 Å². The van der Waals surface area contributed by atoms with Crippen molar-refractivity contribution in [3.05, 3.63) is 10.4 Å². The Labute approximate surface area is 131 Å². The zero-order chi connectivity index (χ0) is 15.7. The number of hydroxylamine groups is 6. The summed E-state index contributed by atoms with van der Waals surface area (Å²) >= 11 is 0. The summed E-state index contributed by atoms with van der Waals surface area (Å²) in [5, 5.41) is 24.3. The molecule has 0 aromatic carbocycles. The second-order valence-corrected chi connectivity index (χ2v) is 5.91. The number of morpholine rings is 2. The third kappa shape index (κ3) is 6.43. The van der Waals surface area contributed by atoms with Gasteiger partial charge in [0.15, 0.2) is 0 Å². The number of rotatable bonds is 9. The molecule has 2 heterocycles. The van der Waals surface area contributed by atoms with E-state index in [-0.39, 0.29) is 9.29 Å². The van der Waals surface area contributed by atoms with Crippen molar-refractivity contribution in [1.82, 2.24) is 0 Å². The van der Waals surface area contributed by atoms with Gasteiger partial charge in [-0.3, -0.25) is 0 Å². The highest BCUT2D eigenvalue weighted by molar-refractivity contribution is 4.51. The van der Waals surface area contributed by atoms with E-state index in [2.05, 4.69) is 0 Å². The normalized spacial score (nSPS) is 24.3. The van der Waals surface area contributed by atoms with E-state index in [0.29, 0.717) is 92.1 Å². The summed E-state index contributed by atoms with van der Waals surface area (Å²) in [7, 11) is 0. The van der Waals surface area contributed by atoms with Crippen LogP contribution < -0.4 is 0 Å². The molecule has 0 aliphatic carbocycles. The van der Waals surface area contributed by atoms with Gasteiger partial charge in [0, 0.05) is 0 Å². The van der Waals surface area contributed by atoms with Crippen LogP contribution in [-0.2, 0) is 18.9 Å². The lowest BCUT2D eigenvalue weighted by molar-refractivity contribution is -0.889. The summed E-state index contributed by atoms with van der Waals surface area (Å²) < 4.78 is 20.8. The maximum Gasteiger partial charge on any atom is 0.102 e. The van der Waals surface area contributed by atoms with Crippen molar-refractivity contribution in [1.29, 1.82) is 0 Å². The highest BCUT2D eigenvalue weighted by atomic mass is 16.6. The van der Waals surface area contributed by atoms with Gasteiger partial charge in [0.2, 0.25) is 0 Å². The van der Waals surface area contributed by atoms with E-state index in [1.165, 1.54) is 0 Å². The average molecular weight is 320 g/mol. The van der Waals surface area contributed by atoms with Crippen molar-refractivity contribution in [2.75, 3.05) is 92.1 Å². The van der Waals surface area contributed by atoms with Crippen LogP contribution in [0.4, 0.5) is 0 Å². The van der Waals surface area contributed by atoms with Crippen LogP contribution in [0.2, 0.25) is 0 Å². The average Bonchev–Trinajstić information content (AvgIpc) is 2.51. The molecule has 0 aromatic heterocycles. The molecule has 2 rings (SSSR count). The molecule has 0 N–H and O–H groups in total. The molecule has 0 saturated carbocycles. The Balaban J connectivity index is 1.42. The Bertz CT molecular complexity index is 276. The van der Waals surface area contributed by atoms with E-state index in [4.69, 9.17) is 18.9 Å².